The molecule has 0 radical (unpaired) electrons. The molecule has 0 bridgehead atoms. The largest absolute Gasteiger partial charge is 0.426 e. The van der Waals surface area contributed by atoms with Crippen LogP contribution in [0.15, 0.2) is 30.3 Å². The molecule has 1 unspecified atom stereocenters. The van der Waals surface area contributed by atoms with E-state index in [2.05, 4.69) is 88.3 Å². The van der Waals surface area contributed by atoms with Crippen LogP contribution in [0.1, 0.15) is 123 Å². The molecule has 4 heteroatoms. The third-order valence-electron chi connectivity index (χ3n) is 6.87. The zero-order valence-electron chi connectivity index (χ0n) is 24.3. The van der Waals surface area contributed by atoms with Crippen molar-refractivity contribution >= 4 is 11.9 Å². The quantitative estimate of drug-likeness (QED) is 0.321. The van der Waals surface area contributed by atoms with E-state index in [-0.39, 0.29) is 27.6 Å². The third kappa shape index (κ3) is 5.85. The monoisotopic (exact) mass is 492 g/mol. The van der Waals surface area contributed by atoms with E-state index >= 15 is 0 Å². The molecule has 36 heavy (non-hydrogen) atoms. The van der Waals surface area contributed by atoms with Gasteiger partial charge < -0.3 is 9.47 Å². The molecular formula is C32H44O4. The first kappa shape index (κ1) is 28.0. The second-order valence-corrected chi connectivity index (χ2v) is 14.3. The van der Waals surface area contributed by atoms with Crippen LogP contribution in [0.3, 0.4) is 0 Å². The highest BCUT2D eigenvalue weighted by atomic mass is 16.5. The van der Waals surface area contributed by atoms with E-state index in [1.54, 1.807) is 0 Å². The summed E-state index contributed by atoms with van der Waals surface area (Å²) in [6.45, 7) is 25.5. The summed E-state index contributed by atoms with van der Waals surface area (Å²) in [5.74, 6) is -0.364. The average Bonchev–Trinajstić information content (AvgIpc) is 2.99. The van der Waals surface area contributed by atoms with Gasteiger partial charge in [0.2, 0.25) is 0 Å². The highest BCUT2D eigenvalue weighted by molar-refractivity contribution is 5.91. The normalized spacial score (nSPS) is 16.6. The number of carbonyl (C=O) groups is 2. The molecule has 2 aromatic carbocycles. The van der Waals surface area contributed by atoms with Gasteiger partial charge in [-0.05, 0) is 45.3 Å². The number of benzene rings is 2. The van der Waals surface area contributed by atoms with Gasteiger partial charge in [-0.3, -0.25) is 9.59 Å². The fourth-order valence-electron chi connectivity index (χ4n) is 5.42. The second-order valence-electron chi connectivity index (χ2n) is 14.3. The lowest BCUT2D eigenvalue weighted by Crippen LogP contribution is -2.25. The van der Waals surface area contributed by atoms with Gasteiger partial charge in [-0.25, -0.2) is 0 Å². The van der Waals surface area contributed by atoms with Crippen molar-refractivity contribution in [1.29, 1.82) is 0 Å². The van der Waals surface area contributed by atoms with Crippen LogP contribution in [0.25, 0.3) is 0 Å². The van der Waals surface area contributed by atoms with Crippen molar-refractivity contribution < 1.29 is 19.1 Å². The Kier molecular flexibility index (Phi) is 7.02. The van der Waals surface area contributed by atoms with Crippen LogP contribution in [0.5, 0.6) is 11.5 Å². The lowest BCUT2D eigenvalue weighted by atomic mass is 9.71. The topological polar surface area (TPSA) is 52.6 Å². The Morgan fingerprint density at radius 2 is 1.42 bits per heavy atom. The fraction of sp³-hybridized carbons (Fsp3) is 0.562. The molecule has 1 atom stereocenters. The van der Waals surface area contributed by atoms with Gasteiger partial charge >= 0.3 is 11.9 Å². The minimum atomic E-state index is -0.664. The van der Waals surface area contributed by atoms with Crippen LogP contribution in [0.2, 0.25) is 0 Å². The zero-order valence-corrected chi connectivity index (χ0v) is 24.3. The highest BCUT2D eigenvalue weighted by Crippen LogP contribution is 2.49. The number of esters is 2. The molecule has 2 aromatic rings. The predicted octanol–water partition coefficient (Wildman–Crippen LogP) is 7.97. The zero-order chi connectivity index (χ0) is 27.4. The van der Waals surface area contributed by atoms with Gasteiger partial charge in [0.15, 0.2) is 0 Å². The molecule has 0 saturated heterocycles. The van der Waals surface area contributed by atoms with E-state index in [9.17, 15) is 9.59 Å². The van der Waals surface area contributed by atoms with E-state index < -0.39 is 11.9 Å². The maximum atomic E-state index is 13.5. The van der Waals surface area contributed by atoms with Gasteiger partial charge in [0.05, 0.1) is 0 Å². The number of fused-ring (bicyclic) bond motifs is 1. The highest BCUT2D eigenvalue weighted by Gasteiger charge is 2.41. The summed E-state index contributed by atoms with van der Waals surface area (Å²) in [7, 11) is 0. The maximum absolute atomic E-state index is 13.5. The summed E-state index contributed by atoms with van der Waals surface area (Å²) in [5, 5.41) is 0. The number of ether oxygens (including phenoxy) is 2. The van der Waals surface area contributed by atoms with Crippen LogP contribution in [-0.4, -0.2) is 11.9 Å². The number of hydrogen-bond acceptors (Lipinski definition) is 4. The first-order valence-electron chi connectivity index (χ1n) is 12.9. The Bertz CT molecular complexity index is 1180. The number of rotatable bonds is 4. The Morgan fingerprint density at radius 1 is 0.833 bits per heavy atom. The predicted molar refractivity (Wildman–Crippen MR) is 146 cm³/mol. The Morgan fingerprint density at radius 3 is 1.92 bits per heavy atom. The number of hydrogen-bond donors (Lipinski definition) is 0. The molecule has 4 nitrogen and oxygen atoms in total. The van der Waals surface area contributed by atoms with Crippen molar-refractivity contribution in [3.8, 4) is 11.5 Å². The Hall–Kier alpha value is -2.62. The minimum absolute atomic E-state index is 0.111. The summed E-state index contributed by atoms with van der Waals surface area (Å²) in [6.07, 6.45) is 0.959. The molecule has 0 N–H and O–H groups in total. The molecule has 1 aliphatic heterocycles. The van der Waals surface area contributed by atoms with Crippen molar-refractivity contribution in [1.82, 2.24) is 0 Å². The van der Waals surface area contributed by atoms with Crippen molar-refractivity contribution in [3.05, 3.63) is 58.1 Å². The SMILES string of the molecule is CC(=O)Oc1ccc(C(C)(C)CC(C)(C)C)cc1C1C(=O)Oc2c1cc(C(C)(C)C)cc2C(C)(C)C. The van der Waals surface area contributed by atoms with Gasteiger partial charge in [-0.1, -0.05) is 100 Å². The lowest BCUT2D eigenvalue weighted by Gasteiger charge is -2.33. The fourth-order valence-corrected chi connectivity index (χ4v) is 5.42. The molecule has 0 aliphatic carbocycles. The molecule has 0 fully saturated rings. The summed E-state index contributed by atoms with van der Waals surface area (Å²) in [5.41, 5.74) is 4.45. The third-order valence-corrected chi connectivity index (χ3v) is 6.87. The van der Waals surface area contributed by atoms with Gasteiger partial charge in [0, 0.05) is 23.6 Å². The van der Waals surface area contributed by atoms with E-state index in [0.717, 1.165) is 28.7 Å². The average molecular weight is 493 g/mol. The molecule has 1 heterocycles. The van der Waals surface area contributed by atoms with Crippen LogP contribution >= 0.6 is 0 Å². The van der Waals surface area contributed by atoms with E-state index in [0.29, 0.717) is 17.1 Å². The first-order chi connectivity index (χ1) is 16.2. The maximum Gasteiger partial charge on any atom is 0.323 e. The molecule has 0 amide bonds. The van der Waals surface area contributed by atoms with Crippen molar-refractivity contribution in [3.63, 3.8) is 0 Å². The van der Waals surface area contributed by atoms with Gasteiger partial charge in [0.25, 0.3) is 0 Å². The molecule has 1 aliphatic rings. The van der Waals surface area contributed by atoms with Crippen LogP contribution in [0, 0.1) is 5.41 Å². The molecule has 3 rings (SSSR count). The lowest BCUT2D eigenvalue weighted by molar-refractivity contribution is -0.134. The molecular weight excluding hydrogens is 448 g/mol. The van der Waals surface area contributed by atoms with Crippen LogP contribution in [0.4, 0.5) is 0 Å². The minimum Gasteiger partial charge on any atom is -0.426 e. The summed E-state index contributed by atoms with van der Waals surface area (Å²) < 4.78 is 11.6. The number of carbonyl (C=O) groups excluding carboxylic acids is 2. The standard InChI is InChI=1S/C32H44O4/c1-19(33)35-25-14-13-20(32(11,12)18-29(2,3)4)15-22(25)26-23-16-21(30(5,6)7)17-24(31(8,9)10)27(23)36-28(26)34/h13-17,26H,18H2,1-12H3. The summed E-state index contributed by atoms with van der Waals surface area (Å²) in [4.78, 5) is 25.5. The van der Waals surface area contributed by atoms with Crippen LogP contribution < -0.4 is 9.47 Å². The van der Waals surface area contributed by atoms with Gasteiger partial charge in [0.1, 0.15) is 17.4 Å². The first-order valence-corrected chi connectivity index (χ1v) is 12.9. The van der Waals surface area contributed by atoms with Gasteiger partial charge in [-0.15, -0.1) is 0 Å². The van der Waals surface area contributed by atoms with E-state index in [1.807, 2.05) is 18.2 Å². The summed E-state index contributed by atoms with van der Waals surface area (Å²) >= 11 is 0. The van der Waals surface area contributed by atoms with E-state index in [4.69, 9.17) is 9.47 Å². The molecule has 196 valence electrons. The van der Waals surface area contributed by atoms with Crippen molar-refractivity contribution in [2.24, 2.45) is 5.41 Å². The Balaban J connectivity index is 2.30. The van der Waals surface area contributed by atoms with Gasteiger partial charge in [-0.2, -0.15) is 0 Å². The van der Waals surface area contributed by atoms with Crippen LogP contribution in [-0.2, 0) is 25.8 Å². The van der Waals surface area contributed by atoms with Crippen molar-refractivity contribution in [2.45, 2.75) is 112 Å². The second kappa shape index (κ2) is 9.04. The molecule has 0 aromatic heterocycles. The van der Waals surface area contributed by atoms with E-state index in [1.165, 1.54) is 6.92 Å². The smallest absolute Gasteiger partial charge is 0.323 e. The van der Waals surface area contributed by atoms with Crippen molar-refractivity contribution in [2.75, 3.05) is 0 Å². The molecule has 0 saturated carbocycles. The Labute approximate surface area is 217 Å². The molecule has 0 spiro atoms. The summed E-state index contributed by atoms with van der Waals surface area (Å²) in [6, 6.07) is 10.2.